The number of hydrogen-bond acceptors (Lipinski definition) is 5. The van der Waals surface area contributed by atoms with Crippen LogP contribution in [0.3, 0.4) is 0 Å². The largest absolute Gasteiger partial charge is 0.490 e. The summed E-state index contributed by atoms with van der Waals surface area (Å²) in [5.74, 6) is 0.162. The Morgan fingerprint density at radius 2 is 1.78 bits per heavy atom. The van der Waals surface area contributed by atoms with Crippen LogP contribution in [0.4, 0.5) is 11.4 Å². The number of rotatable bonds is 8. The van der Waals surface area contributed by atoms with E-state index in [1.807, 2.05) is 25.1 Å². The summed E-state index contributed by atoms with van der Waals surface area (Å²) >= 11 is 13.4. The number of hydrazone groups is 1. The number of ether oxygens (including phenoxy) is 2. The maximum atomic E-state index is 13.2. The molecule has 10 heteroatoms. The lowest BCUT2D eigenvalue weighted by Crippen LogP contribution is -2.21. The van der Waals surface area contributed by atoms with Crippen molar-refractivity contribution in [2.24, 2.45) is 5.10 Å². The molecule has 4 rings (SSSR count). The summed E-state index contributed by atoms with van der Waals surface area (Å²) in [6.45, 7) is 3.75. The summed E-state index contributed by atoms with van der Waals surface area (Å²) in [7, 11) is 0. The number of nitrogens with zero attached hydrogens (tertiary/aromatic N) is 2. The number of nitrogens with one attached hydrogen (secondary N) is 1. The van der Waals surface area contributed by atoms with Crippen LogP contribution >= 0.6 is 43.5 Å². The third kappa shape index (κ3) is 6.06. The average Bonchev–Trinajstić information content (AvgIpc) is 3.16. The van der Waals surface area contributed by atoms with E-state index in [2.05, 4.69) is 42.3 Å². The molecule has 0 bridgehead atoms. The first kappa shape index (κ1) is 26.9. The van der Waals surface area contributed by atoms with Crippen LogP contribution in [-0.4, -0.2) is 30.7 Å². The number of carbonyl (C=O) groups excluding carboxylic acids is 2. The summed E-state index contributed by atoms with van der Waals surface area (Å²) in [6, 6.07) is 17.9. The van der Waals surface area contributed by atoms with Crippen molar-refractivity contribution in [1.29, 1.82) is 0 Å². The van der Waals surface area contributed by atoms with Gasteiger partial charge in [0.15, 0.2) is 18.1 Å². The third-order valence-electron chi connectivity index (χ3n) is 5.30. The van der Waals surface area contributed by atoms with Gasteiger partial charge in [0.05, 0.1) is 33.1 Å². The summed E-state index contributed by atoms with van der Waals surface area (Å²) in [6.07, 6.45) is 1.72. The van der Waals surface area contributed by atoms with E-state index >= 15 is 0 Å². The van der Waals surface area contributed by atoms with E-state index in [1.54, 1.807) is 55.5 Å². The molecule has 0 radical (unpaired) electrons. The first-order valence-corrected chi connectivity index (χ1v) is 13.2. The van der Waals surface area contributed by atoms with E-state index in [9.17, 15) is 9.59 Å². The van der Waals surface area contributed by atoms with Gasteiger partial charge in [-0.2, -0.15) is 10.1 Å². The Hall–Kier alpha value is -3.14. The number of halogens is 3. The third-order valence-corrected chi connectivity index (χ3v) is 7.77. The molecule has 3 aromatic carbocycles. The van der Waals surface area contributed by atoms with E-state index in [4.69, 9.17) is 21.1 Å². The van der Waals surface area contributed by atoms with Crippen molar-refractivity contribution < 1.29 is 19.1 Å². The van der Waals surface area contributed by atoms with Crippen LogP contribution in [-0.2, 0) is 9.59 Å². The van der Waals surface area contributed by atoms with Crippen molar-refractivity contribution >= 4 is 78.4 Å². The molecule has 190 valence electrons. The van der Waals surface area contributed by atoms with Crippen molar-refractivity contribution in [3.8, 4) is 11.5 Å². The lowest BCUT2D eigenvalue weighted by atomic mass is 10.1. The highest BCUT2D eigenvalue weighted by atomic mass is 79.9. The highest BCUT2D eigenvalue weighted by Crippen LogP contribution is 2.44. The van der Waals surface area contributed by atoms with E-state index in [0.717, 1.165) is 0 Å². The van der Waals surface area contributed by atoms with Crippen LogP contribution < -0.4 is 19.8 Å². The Kier molecular flexibility index (Phi) is 8.68. The molecule has 0 unspecified atom stereocenters. The molecule has 0 aromatic heterocycles. The maximum absolute atomic E-state index is 13.2. The molecule has 0 spiro atoms. The molecular formula is C27H22Br2ClN3O4. The number of para-hydroxylation sites is 2. The molecule has 1 aliphatic heterocycles. The fourth-order valence-electron chi connectivity index (χ4n) is 3.59. The Bertz CT molecular complexity index is 1410. The van der Waals surface area contributed by atoms with Gasteiger partial charge in [0.25, 0.3) is 11.8 Å². The van der Waals surface area contributed by atoms with Crippen molar-refractivity contribution in [3.05, 3.63) is 85.8 Å². The first-order valence-electron chi connectivity index (χ1n) is 11.3. The fraction of sp³-hybridized carbons (Fsp3) is 0.148. The number of amides is 2. The molecule has 0 saturated carbocycles. The Morgan fingerprint density at radius 3 is 2.49 bits per heavy atom. The van der Waals surface area contributed by atoms with Crippen LogP contribution in [0.25, 0.3) is 6.08 Å². The van der Waals surface area contributed by atoms with Crippen LogP contribution in [0, 0.1) is 0 Å². The Balaban J connectivity index is 1.60. The molecule has 7 nitrogen and oxygen atoms in total. The quantitative estimate of drug-likeness (QED) is 0.265. The second-order valence-electron chi connectivity index (χ2n) is 7.87. The zero-order valence-electron chi connectivity index (χ0n) is 19.9. The van der Waals surface area contributed by atoms with E-state index in [0.29, 0.717) is 60.3 Å². The lowest BCUT2D eigenvalue weighted by Gasteiger charge is -2.17. The normalized spacial score (nSPS) is 14.1. The minimum Gasteiger partial charge on any atom is -0.490 e. The molecule has 0 fully saturated rings. The maximum Gasteiger partial charge on any atom is 0.280 e. The van der Waals surface area contributed by atoms with Crippen molar-refractivity contribution in [2.45, 2.75) is 13.8 Å². The molecule has 0 saturated heterocycles. The van der Waals surface area contributed by atoms with Gasteiger partial charge in [-0.25, -0.2) is 0 Å². The lowest BCUT2D eigenvalue weighted by molar-refractivity contribution is -0.118. The van der Waals surface area contributed by atoms with Gasteiger partial charge in [-0.05, 0) is 87.7 Å². The smallest absolute Gasteiger partial charge is 0.280 e. The Morgan fingerprint density at radius 1 is 1.08 bits per heavy atom. The fourth-order valence-corrected chi connectivity index (χ4v) is 4.75. The second kappa shape index (κ2) is 11.9. The highest BCUT2D eigenvalue weighted by Gasteiger charge is 2.30. The van der Waals surface area contributed by atoms with Crippen LogP contribution in [0.2, 0.25) is 5.02 Å². The zero-order valence-corrected chi connectivity index (χ0v) is 23.9. The predicted molar refractivity (Wildman–Crippen MR) is 154 cm³/mol. The van der Waals surface area contributed by atoms with Crippen LogP contribution in [0.1, 0.15) is 19.4 Å². The second-order valence-corrected chi connectivity index (χ2v) is 9.86. The molecule has 1 aliphatic rings. The highest BCUT2D eigenvalue weighted by molar-refractivity contribution is 9.13. The number of anilines is 2. The molecular weight excluding hydrogens is 626 g/mol. The number of hydrogen-bond donors (Lipinski definition) is 1. The molecule has 2 amide bonds. The van der Waals surface area contributed by atoms with Crippen molar-refractivity contribution in [3.63, 3.8) is 0 Å². The monoisotopic (exact) mass is 645 g/mol. The van der Waals surface area contributed by atoms with Crippen molar-refractivity contribution in [1.82, 2.24) is 0 Å². The van der Waals surface area contributed by atoms with Crippen LogP contribution in [0.5, 0.6) is 11.5 Å². The molecule has 1 heterocycles. The minimum atomic E-state index is -0.314. The summed E-state index contributed by atoms with van der Waals surface area (Å²) < 4.78 is 12.8. The van der Waals surface area contributed by atoms with Gasteiger partial charge < -0.3 is 14.8 Å². The first-order chi connectivity index (χ1) is 17.8. The standard InChI is InChI=1S/C27H22Br2ClN3O4/c1-3-36-22-14-17(13-19-16(2)32-33(27(19)35)21-12-8-7-11-20(21)30)24(28)25(29)26(22)37-15-23(34)31-18-9-5-4-6-10-18/h4-14H,3,15H2,1-2H3,(H,31,34)/b19-13-. The summed E-state index contributed by atoms with van der Waals surface area (Å²) in [5.41, 5.74) is 2.79. The molecule has 0 atom stereocenters. The zero-order chi connectivity index (χ0) is 26.5. The van der Waals surface area contributed by atoms with Crippen LogP contribution in [0.15, 0.2) is 80.3 Å². The average molecular weight is 648 g/mol. The molecule has 1 N–H and O–H groups in total. The van der Waals surface area contributed by atoms with E-state index < -0.39 is 0 Å². The molecule has 37 heavy (non-hydrogen) atoms. The van der Waals surface area contributed by atoms with E-state index in [-0.39, 0.29) is 18.4 Å². The summed E-state index contributed by atoms with van der Waals surface area (Å²) in [4.78, 5) is 25.6. The summed E-state index contributed by atoms with van der Waals surface area (Å²) in [5, 5.41) is 8.91. The van der Waals surface area contributed by atoms with E-state index in [1.165, 1.54) is 5.01 Å². The van der Waals surface area contributed by atoms with Gasteiger partial charge in [0, 0.05) is 10.2 Å². The Labute approximate surface area is 236 Å². The van der Waals surface area contributed by atoms with Gasteiger partial charge >= 0.3 is 0 Å². The van der Waals surface area contributed by atoms with Gasteiger partial charge in [-0.3, -0.25) is 9.59 Å². The number of benzene rings is 3. The minimum absolute atomic E-state index is 0.225. The SMILES string of the molecule is CCOc1cc(/C=C2\C(=O)N(c3ccccc3Cl)N=C2C)c(Br)c(Br)c1OCC(=O)Nc1ccccc1. The number of carbonyl (C=O) groups is 2. The predicted octanol–water partition coefficient (Wildman–Crippen LogP) is 7.09. The van der Waals surface area contributed by atoms with Gasteiger partial charge in [0.1, 0.15) is 0 Å². The molecule has 0 aliphatic carbocycles. The van der Waals surface area contributed by atoms with Crippen molar-refractivity contribution in [2.75, 3.05) is 23.5 Å². The van der Waals surface area contributed by atoms with Gasteiger partial charge in [-0.15, -0.1) is 0 Å². The van der Waals surface area contributed by atoms with Gasteiger partial charge in [0.2, 0.25) is 0 Å². The van der Waals surface area contributed by atoms with Gasteiger partial charge in [-0.1, -0.05) is 41.9 Å². The topological polar surface area (TPSA) is 80.2 Å². The molecule has 3 aromatic rings.